The number of likely N-dealkylation sites (tertiary alicyclic amines) is 1. The van der Waals surface area contributed by atoms with Crippen LogP contribution in [0.1, 0.15) is 26.7 Å². The van der Waals surface area contributed by atoms with Gasteiger partial charge in [-0.3, -0.25) is 4.90 Å². The van der Waals surface area contributed by atoms with Crippen LogP contribution in [0.2, 0.25) is 0 Å². The first kappa shape index (κ1) is 9.47. The summed E-state index contributed by atoms with van der Waals surface area (Å²) in [5, 5.41) is 0. The van der Waals surface area contributed by atoms with Gasteiger partial charge in [-0.05, 0) is 31.2 Å². The van der Waals surface area contributed by atoms with Gasteiger partial charge in [0.1, 0.15) is 0 Å². The quantitative estimate of drug-likeness (QED) is 0.646. The second-order valence-electron chi connectivity index (χ2n) is 4.83. The van der Waals surface area contributed by atoms with Crippen molar-refractivity contribution in [2.45, 2.75) is 32.7 Å². The van der Waals surface area contributed by atoms with Crippen LogP contribution in [0.5, 0.6) is 0 Å². The smallest absolute Gasteiger partial charge is 0.0645 e. The van der Waals surface area contributed by atoms with Crippen molar-refractivity contribution in [2.75, 3.05) is 26.3 Å². The fourth-order valence-corrected chi connectivity index (χ4v) is 2.35. The molecule has 0 amide bonds. The molecule has 0 saturated carbocycles. The van der Waals surface area contributed by atoms with Crippen LogP contribution in [0, 0.1) is 11.8 Å². The van der Waals surface area contributed by atoms with Gasteiger partial charge in [-0.15, -0.1) is 0 Å². The van der Waals surface area contributed by atoms with Crippen LogP contribution in [-0.4, -0.2) is 37.2 Å². The maximum absolute atomic E-state index is 5.24. The second-order valence-corrected chi connectivity index (χ2v) is 4.83. The Bertz CT molecular complexity index is 165. The van der Waals surface area contributed by atoms with Crippen LogP contribution in [0.4, 0.5) is 0 Å². The normalized spacial score (nSPS) is 32.1. The van der Waals surface area contributed by atoms with Crippen LogP contribution < -0.4 is 0 Å². The van der Waals surface area contributed by atoms with E-state index >= 15 is 0 Å². The lowest BCUT2D eigenvalue weighted by atomic mass is 9.87. The molecular weight excluding hydrogens is 162 g/mol. The van der Waals surface area contributed by atoms with Crippen molar-refractivity contribution in [3.8, 4) is 0 Å². The molecule has 2 heterocycles. The number of hydrogen-bond acceptors (Lipinski definition) is 2. The van der Waals surface area contributed by atoms with E-state index in [2.05, 4.69) is 18.7 Å². The molecule has 13 heavy (non-hydrogen) atoms. The van der Waals surface area contributed by atoms with E-state index in [0.29, 0.717) is 0 Å². The molecule has 76 valence electrons. The number of piperidine rings is 1. The molecule has 1 atom stereocenters. The first-order chi connectivity index (χ1) is 6.27. The van der Waals surface area contributed by atoms with Gasteiger partial charge < -0.3 is 4.74 Å². The summed E-state index contributed by atoms with van der Waals surface area (Å²) < 4.78 is 5.24. The van der Waals surface area contributed by atoms with E-state index < -0.39 is 0 Å². The van der Waals surface area contributed by atoms with Crippen LogP contribution in [-0.2, 0) is 4.74 Å². The van der Waals surface area contributed by atoms with Gasteiger partial charge in [-0.25, -0.2) is 0 Å². The van der Waals surface area contributed by atoms with Crippen molar-refractivity contribution in [2.24, 2.45) is 11.8 Å². The third-order valence-corrected chi connectivity index (χ3v) is 3.57. The van der Waals surface area contributed by atoms with Crippen LogP contribution in [0.15, 0.2) is 0 Å². The molecule has 0 N–H and O–H groups in total. The minimum Gasteiger partial charge on any atom is -0.378 e. The number of rotatable bonds is 2. The van der Waals surface area contributed by atoms with E-state index in [1.165, 1.54) is 25.9 Å². The molecule has 1 unspecified atom stereocenters. The van der Waals surface area contributed by atoms with Gasteiger partial charge in [0.05, 0.1) is 19.3 Å². The molecule has 2 aliphatic heterocycles. The summed E-state index contributed by atoms with van der Waals surface area (Å²) in [6.07, 6.45) is 2.82. The summed E-state index contributed by atoms with van der Waals surface area (Å²) in [6.45, 7) is 9.27. The highest BCUT2D eigenvalue weighted by molar-refractivity contribution is 4.83. The standard InChI is InChI=1S/C11H21NO/c1-9(2)10-4-3-5-12(6-10)11-7-13-8-11/h9-11H,3-8H2,1-2H3. The van der Waals surface area contributed by atoms with Crippen LogP contribution in [0.25, 0.3) is 0 Å². The molecule has 0 aromatic rings. The van der Waals surface area contributed by atoms with Gasteiger partial charge in [-0.2, -0.15) is 0 Å². The first-order valence-electron chi connectivity index (χ1n) is 5.59. The van der Waals surface area contributed by atoms with Crippen molar-refractivity contribution >= 4 is 0 Å². The number of ether oxygens (including phenoxy) is 1. The van der Waals surface area contributed by atoms with Crippen LogP contribution >= 0.6 is 0 Å². The van der Waals surface area contributed by atoms with E-state index in [1.54, 1.807) is 0 Å². The van der Waals surface area contributed by atoms with E-state index in [4.69, 9.17) is 4.74 Å². The second kappa shape index (κ2) is 3.97. The lowest BCUT2D eigenvalue weighted by Crippen LogP contribution is -2.53. The Balaban J connectivity index is 1.84. The maximum atomic E-state index is 5.24. The highest BCUT2D eigenvalue weighted by Gasteiger charge is 2.30. The Morgan fingerprint density at radius 2 is 2.08 bits per heavy atom. The van der Waals surface area contributed by atoms with E-state index in [1.807, 2.05) is 0 Å². The fraction of sp³-hybridized carbons (Fsp3) is 1.00. The van der Waals surface area contributed by atoms with Gasteiger partial charge >= 0.3 is 0 Å². The molecule has 0 bridgehead atoms. The molecule has 0 aliphatic carbocycles. The van der Waals surface area contributed by atoms with Crippen molar-refractivity contribution in [1.29, 1.82) is 0 Å². The zero-order chi connectivity index (χ0) is 9.26. The van der Waals surface area contributed by atoms with Gasteiger partial charge in [0, 0.05) is 6.54 Å². The van der Waals surface area contributed by atoms with Crippen LogP contribution in [0.3, 0.4) is 0 Å². The average Bonchev–Trinajstić information content (AvgIpc) is 2.01. The summed E-state index contributed by atoms with van der Waals surface area (Å²) in [6, 6.07) is 0.751. The highest BCUT2D eigenvalue weighted by atomic mass is 16.5. The topological polar surface area (TPSA) is 12.5 Å². The summed E-state index contributed by atoms with van der Waals surface area (Å²) in [7, 11) is 0. The SMILES string of the molecule is CC(C)C1CCCN(C2COC2)C1. The molecule has 2 rings (SSSR count). The number of hydrogen-bond donors (Lipinski definition) is 0. The third-order valence-electron chi connectivity index (χ3n) is 3.57. The maximum Gasteiger partial charge on any atom is 0.0645 e. The minimum atomic E-state index is 0.751. The Kier molecular flexibility index (Phi) is 2.89. The van der Waals surface area contributed by atoms with Crippen molar-refractivity contribution in [3.63, 3.8) is 0 Å². The summed E-state index contributed by atoms with van der Waals surface area (Å²) >= 11 is 0. The summed E-state index contributed by atoms with van der Waals surface area (Å²) in [5.41, 5.74) is 0. The van der Waals surface area contributed by atoms with Gasteiger partial charge in [0.15, 0.2) is 0 Å². The predicted octanol–water partition coefficient (Wildman–Crippen LogP) is 1.75. The number of nitrogens with zero attached hydrogens (tertiary/aromatic N) is 1. The molecule has 0 radical (unpaired) electrons. The first-order valence-corrected chi connectivity index (χ1v) is 5.59. The Morgan fingerprint density at radius 3 is 2.62 bits per heavy atom. The molecule has 0 aromatic carbocycles. The lowest BCUT2D eigenvalue weighted by Gasteiger charge is -2.43. The van der Waals surface area contributed by atoms with Gasteiger partial charge in [0.2, 0.25) is 0 Å². The molecule has 2 saturated heterocycles. The summed E-state index contributed by atoms with van der Waals surface area (Å²) in [4.78, 5) is 2.64. The molecular formula is C11H21NO. The Hall–Kier alpha value is -0.0800. The van der Waals surface area contributed by atoms with Crippen molar-refractivity contribution in [1.82, 2.24) is 4.90 Å². The molecule has 2 heteroatoms. The summed E-state index contributed by atoms with van der Waals surface area (Å²) in [5.74, 6) is 1.78. The lowest BCUT2D eigenvalue weighted by molar-refractivity contribution is -0.0787. The van der Waals surface area contributed by atoms with Gasteiger partial charge in [-0.1, -0.05) is 13.8 Å². The average molecular weight is 183 g/mol. The van der Waals surface area contributed by atoms with E-state index in [-0.39, 0.29) is 0 Å². The largest absolute Gasteiger partial charge is 0.378 e. The van der Waals surface area contributed by atoms with E-state index in [0.717, 1.165) is 31.1 Å². The molecule has 2 fully saturated rings. The zero-order valence-corrected chi connectivity index (χ0v) is 8.83. The molecule has 2 nitrogen and oxygen atoms in total. The van der Waals surface area contributed by atoms with Crippen molar-refractivity contribution < 1.29 is 4.74 Å². The Labute approximate surface area is 81.3 Å². The third kappa shape index (κ3) is 2.05. The minimum absolute atomic E-state index is 0.751. The molecule has 0 spiro atoms. The monoisotopic (exact) mass is 183 g/mol. The Morgan fingerprint density at radius 1 is 1.31 bits per heavy atom. The zero-order valence-electron chi connectivity index (χ0n) is 8.83. The van der Waals surface area contributed by atoms with Gasteiger partial charge in [0.25, 0.3) is 0 Å². The molecule has 2 aliphatic rings. The fourth-order valence-electron chi connectivity index (χ4n) is 2.35. The highest BCUT2D eigenvalue weighted by Crippen LogP contribution is 2.26. The van der Waals surface area contributed by atoms with Crippen molar-refractivity contribution in [3.05, 3.63) is 0 Å². The predicted molar refractivity (Wildman–Crippen MR) is 53.7 cm³/mol. The molecule has 0 aromatic heterocycles. The van der Waals surface area contributed by atoms with E-state index in [9.17, 15) is 0 Å².